The van der Waals surface area contributed by atoms with Gasteiger partial charge in [-0.1, -0.05) is 103 Å². The number of para-hydroxylation sites is 1. The molecule has 4 heteroatoms. The topological polar surface area (TPSA) is 51.6 Å². The van der Waals surface area contributed by atoms with E-state index in [1.54, 1.807) is 0 Å². The lowest BCUT2D eigenvalue weighted by Crippen LogP contribution is -1.95. The molecule has 0 atom stereocenters. The third-order valence-electron chi connectivity index (χ3n) is 8.54. The molecule has 46 heavy (non-hydrogen) atoms. The molecule has 0 amide bonds. The number of fused-ring (bicyclic) bond motifs is 6. The second-order valence-electron chi connectivity index (χ2n) is 11.5. The molecule has 0 aliphatic heterocycles. The van der Waals surface area contributed by atoms with E-state index in [0.29, 0.717) is 0 Å². The summed E-state index contributed by atoms with van der Waals surface area (Å²) in [5, 5.41) is 4.29. The number of allylic oxidation sites excluding steroid dienone is 3. The second-order valence-corrected chi connectivity index (χ2v) is 11.5. The first-order valence-electron chi connectivity index (χ1n) is 15.5. The van der Waals surface area contributed by atoms with E-state index in [2.05, 4.69) is 121 Å². The minimum Gasteiger partial charge on any atom is -0.254 e. The maximum absolute atomic E-state index is 5.14. The van der Waals surface area contributed by atoms with E-state index in [9.17, 15) is 0 Å². The van der Waals surface area contributed by atoms with Gasteiger partial charge in [0.15, 0.2) is 0 Å². The number of pyridine rings is 4. The van der Waals surface area contributed by atoms with Gasteiger partial charge in [0.05, 0.1) is 39.1 Å². The van der Waals surface area contributed by atoms with Gasteiger partial charge >= 0.3 is 0 Å². The molecule has 8 aromatic rings. The molecule has 4 nitrogen and oxygen atoms in total. The lowest BCUT2D eigenvalue weighted by molar-refractivity contribution is 1.29. The van der Waals surface area contributed by atoms with Crippen LogP contribution in [0.2, 0.25) is 0 Å². The fraction of sp³-hybridized carbons (Fsp3) is 0.0476. The van der Waals surface area contributed by atoms with Crippen molar-refractivity contribution in [3.8, 4) is 33.6 Å². The summed E-state index contributed by atoms with van der Waals surface area (Å²) in [5.41, 5.74) is 12.1. The molecule has 0 aliphatic carbocycles. The molecule has 4 aromatic carbocycles. The van der Waals surface area contributed by atoms with E-state index in [1.807, 2.05) is 43.5 Å². The number of rotatable bonds is 5. The quantitative estimate of drug-likeness (QED) is 0.148. The van der Waals surface area contributed by atoms with Crippen molar-refractivity contribution in [2.24, 2.45) is 0 Å². The summed E-state index contributed by atoms with van der Waals surface area (Å²) in [4.78, 5) is 20.0. The molecule has 0 saturated carbocycles. The molecule has 0 bridgehead atoms. The van der Waals surface area contributed by atoms with Crippen molar-refractivity contribution >= 4 is 49.7 Å². The van der Waals surface area contributed by atoms with Gasteiger partial charge in [0.2, 0.25) is 0 Å². The molecule has 0 saturated heterocycles. The van der Waals surface area contributed by atoms with Crippen LogP contribution in [-0.2, 0) is 0 Å². The van der Waals surface area contributed by atoms with Gasteiger partial charge in [-0.15, -0.1) is 0 Å². The molecule has 0 aliphatic rings. The predicted molar refractivity (Wildman–Crippen MR) is 193 cm³/mol. The van der Waals surface area contributed by atoms with E-state index in [1.165, 1.54) is 0 Å². The van der Waals surface area contributed by atoms with Crippen LogP contribution >= 0.6 is 0 Å². The molecule has 4 heterocycles. The van der Waals surface area contributed by atoms with Gasteiger partial charge in [-0.3, -0.25) is 4.98 Å². The highest BCUT2D eigenvalue weighted by Crippen LogP contribution is 2.35. The molecule has 8 rings (SSSR count). The van der Waals surface area contributed by atoms with E-state index in [-0.39, 0.29) is 0 Å². The lowest BCUT2D eigenvalue weighted by Gasteiger charge is -2.13. The Kier molecular flexibility index (Phi) is 6.88. The summed E-state index contributed by atoms with van der Waals surface area (Å²) in [7, 11) is 0. The van der Waals surface area contributed by atoms with Gasteiger partial charge in [0, 0.05) is 38.9 Å². The van der Waals surface area contributed by atoms with Crippen molar-refractivity contribution < 1.29 is 0 Å². The molecular weight excluding hydrogens is 560 g/mol. The SMILES string of the molecule is C/C=C\C=C/c1nc2c(cc1C)c(-c1ccc(-c3cccc(-c4ccc5ccc6cccnc6c5n4)c3)cc1)nc1ccccc12. The summed E-state index contributed by atoms with van der Waals surface area (Å²) >= 11 is 0. The first kappa shape index (κ1) is 27.5. The Balaban J connectivity index is 1.19. The number of aromatic nitrogens is 4. The van der Waals surface area contributed by atoms with E-state index < -0.39 is 0 Å². The number of nitrogens with zero attached hydrogens (tertiary/aromatic N) is 4. The minimum absolute atomic E-state index is 0.922. The smallest absolute Gasteiger partial charge is 0.0972 e. The fourth-order valence-electron chi connectivity index (χ4n) is 6.18. The second kappa shape index (κ2) is 11.5. The fourth-order valence-corrected chi connectivity index (χ4v) is 6.18. The van der Waals surface area contributed by atoms with Crippen molar-refractivity contribution in [3.05, 3.63) is 151 Å². The van der Waals surface area contributed by atoms with Gasteiger partial charge < -0.3 is 0 Å². The highest BCUT2D eigenvalue weighted by molar-refractivity contribution is 6.09. The average Bonchev–Trinajstić information content (AvgIpc) is 3.11. The Morgan fingerprint density at radius 2 is 1.33 bits per heavy atom. The van der Waals surface area contributed by atoms with Crippen molar-refractivity contribution in [1.82, 2.24) is 19.9 Å². The number of aryl methyl sites for hydroxylation is 1. The minimum atomic E-state index is 0.922. The van der Waals surface area contributed by atoms with Gasteiger partial charge in [0.1, 0.15) is 0 Å². The van der Waals surface area contributed by atoms with Crippen LogP contribution in [0.15, 0.2) is 140 Å². The van der Waals surface area contributed by atoms with Crippen LogP contribution in [0.3, 0.4) is 0 Å². The molecule has 4 aromatic heterocycles. The third-order valence-corrected chi connectivity index (χ3v) is 8.54. The van der Waals surface area contributed by atoms with E-state index in [4.69, 9.17) is 15.0 Å². The van der Waals surface area contributed by atoms with Crippen molar-refractivity contribution in [3.63, 3.8) is 0 Å². The average molecular weight is 591 g/mol. The van der Waals surface area contributed by atoms with Crippen molar-refractivity contribution in [2.45, 2.75) is 13.8 Å². The number of hydrogen-bond acceptors (Lipinski definition) is 4. The Bertz CT molecular complexity index is 2490. The standard InChI is InChI=1S/C42H30N4/c1-3-4-5-14-36-27(2)25-35-39(46-38-15-7-6-13-34(38)42(35)44-36)30-18-16-28(17-19-30)32-10-8-11-33(26-32)37-23-22-31-21-20-29-12-9-24-43-40(29)41(31)45-37/h3-26H,1-2H3/b4-3-,14-5-. The van der Waals surface area contributed by atoms with Crippen LogP contribution in [0.1, 0.15) is 18.2 Å². The summed E-state index contributed by atoms with van der Waals surface area (Å²) in [6.45, 7) is 4.13. The third kappa shape index (κ3) is 4.90. The van der Waals surface area contributed by atoms with Crippen LogP contribution in [0, 0.1) is 6.92 Å². The Morgan fingerprint density at radius 3 is 2.20 bits per heavy atom. The van der Waals surface area contributed by atoms with Crippen molar-refractivity contribution in [2.75, 3.05) is 0 Å². The molecule has 0 spiro atoms. The summed E-state index contributed by atoms with van der Waals surface area (Å²) in [5.74, 6) is 0. The maximum Gasteiger partial charge on any atom is 0.0972 e. The Morgan fingerprint density at radius 1 is 0.543 bits per heavy atom. The first-order chi connectivity index (χ1) is 22.7. The molecule has 0 unspecified atom stereocenters. The largest absolute Gasteiger partial charge is 0.254 e. The maximum atomic E-state index is 5.14. The van der Waals surface area contributed by atoms with E-state index >= 15 is 0 Å². The molecule has 0 radical (unpaired) electrons. The Labute approximate surface area is 267 Å². The monoisotopic (exact) mass is 590 g/mol. The van der Waals surface area contributed by atoms with E-state index in [0.717, 1.165) is 88.5 Å². The van der Waals surface area contributed by atoms with Crippen LogP contribution in [-0.4, -0.2) is 19.9 Å². The highest BCUT2D eigenvalue weighted by atomic mass is 14.8. The normalized spacial score (nSPS) is 12.0. The number of benzene rings is 4. The summed E-state index contributed by atoms with van der Waals surface area (Å²) in [6, 6.07) is 40.2. The Hall–Kier alpha value is -6.00. The molecule has 218 valence electrons. The first-order valence-corrected chi connectivity index (χ1v) is 15.5. The summed E-state index contributed by atoms with van der Waals surface area (Å²) in [6.07, 6.45) is 9.98. The van der Waals surface area contributed by atoms with Crippen LogP contribution in [0.25, 0.3) is 83.3 Å². The van der Waals surface area contributed by atoms with Gasteiger partial charge in [0.25, 0.3) is 0 Å². The van der Waals surface area contributed by atoms with Gasteiger partial charge in [-0.05, 0) is 66.9 Å². The highest BCUT2D eigenvalue weighted by Gasteiger charge is 2.14. The molecular formula is C42H30N4. The predicted octanol–water partition coefficient (Wildman–Crippen LogP) is 10.8. The van der Waals surface area contributed by atoms with Gasteiger partial charge in [-0.2, -0.15) is 0 Å². The zero-order chi connectivity index (χ0) is 31.0. The molecule has 0 fully saturated rings. The number of hydrogen-bond donors (Lipinski definition) is 0. The van der Waals surface area contributed by atoms with Crippen LogP contribution in [0.5, 0.6) is 0 Å². The summed E-state index contributed by atoms with van der Waals surface area (Å²) < 4.78 is 0. The van der Waals surface area contributed by atoms with Crippen LogP contribution < -0.4 is 0 Å². The van der Waals surface area contributed by atoms with Crippen LogP contribution in [0.4, 0.5) is 0 Å². The zero-order valence-corrected chi connectivity index (χ0v) is 25.6. The molecule has 0 N–H and O–H groups in total. The lowest BCUT2D eigenvalue weighted by atomic mass is 9.97. The zero-order valence-electron chi connectivity index (χ0n) is 25.6. The van der Waals surface area contributed by atoms with Gasteiger partial charge in [-0.25, -0.2) is 15.0 Å². The van der Waals surface area contributed by atoms with Crippen molar-refractivity contribution in [1.29, 1.82) is 0 Å².